The standard InChI is InChI=1S/C12H22N2O4/c1-3-8(2)10(11(15)16)14-12(17)13-9-5-4-6-18-7-9/h8-10H,3-7H2,1-2H3,(H,15,16)(H2,13,14,17)/t8-,9?,10-/m0/s1. The van der Waals surface area contributed by atoms with Crippen molar-refractivity contribution in [3.8, 4) is 0 Å². The van der Waals surface area contributed by atoms with Crippen molar-refractivity contribution in [2.75, 3.05) is 13.2 Å². The van der Waals surface area contributed by atoms with E-state index in [1.54, 1.807) is 0 Å². The van der Waals surface area contributed by atoms with Crippen LogP contribution in [0.1, 0.15) is 33.1 Å². The number of carboxylic acid groups (broad SMARTS) is 1. The molecule has 0 aromatic rings. The largest absolute Gasteiger partial charge is 0.480 e. The molecule has 18 heavy (non-hydrogen) atoms. The second-order valence-corrected chi connectivity index (χ2v) is 4.73. The molecule has 1 heterocycles. The van der Waals surface area contributed by atoms with Crippen LogP contribution in [0.2, 0.25) is 0 Å². The SMILES string of the molecule is CC[C@H](C)[C@H](NC(=O)NC1CCCOC1)C(=O)O. The van der Waals surface area contributed by atoms with Gasteiger partial charge in [-0.25, -0.2) is 9.59 Å². The molecule has 3 atom stereocenters. The molecule has 0 aliphatic carbocycles. The third-order valence-electron chi connectivity index (χ3n) is 3.26. The molecular formula is C12H22N2O4. The molecule has 0 spiro atoms. The van der Waals surface area contributed by atoms with E-state index < -0.39 is 18.0 Å². The van der Waals surface area contributed by atoms with Crippen molar-refractivity contribution in [2.24, 2.45) is 5.92 Å². The zero-order valence-electron chi connectivity index (χ0n) is 10.9. The van der Waals surface area contributed by atoms with Gasteiger partial charge in [-0.15, -0.1) is 0 Å². The minimum Gasteiger partial charge on any atom is -0.480 e. The van der Waals surface area contributed by atoms with E-state index in [-0.39, 0.29) is 12.0 Å². The Labute approximate surface area is 107 Å². The lowest BCUT2D eigenvalue weighted by Crippen LogP contribution is -2.52. The number of ether oxygens (including phenoxy) is 1. The Morgan fingerprint density at radius 1 is 1.50 bits per heavy atom. The number of carbonyl (C=O) groups excluding carboxylic acids is 1. The van der Waals surface area contributed by atoms with Crippen molar-refractivity contribution in [2.45, 2.75) is 45.2 Å². The van der Waals surface area contributed by atoms with E-state index >= 15 is 0 Å². The highest BCUT2D eigenvalue weighted by molar-refractivity contribution is 5.82. The molecule has 1 aliphatic heterocycles. The normalized spacial score (nSPS) is 22.9. The Hall–Kier alpha value is -1.30. The van der Waals surface area contributed by atoms with Gasteiger partial charge in [-0.3, -0.25) is 0 Å². The first-order chi connectivity index (χ1) is 8.54. The minimum absolute atomic E-state index is 0.0230. The van der Waals surface area contributed by atoms with Crippen molar-refractivity contribution < 1.29 is 19.4 Å². The van der Waals surface area contributed by atoms with E-state index in [2.05, 4.69) is 10.6 Å². The lowest BCUT2D eigenvalue weighted by Gasteiger charge is -2.25. The Morgan fingerprint density at radius 2 is 2.22 bits per heavy atom. The quantitative estimate of drug-likeness (QED) is 0.685. The second-order valence-electron chi connectivity index (χ2n) is 4.73. The average Bonchev–Trinajstić information content (AvgIpc) is 2.36. The summed E-state index contributed by atoms with van der Waals surface area (Å²) < 4.78 is 5.25. The summed E-state index contributed by atoms with van der Waals surface area (Å²) in [6, 6.07) is -1.30. The number of amides is 2. The Bertz CT molecular complexity index is 290. The van der Waals surface area contributed by atoms with Crippen LogP contribution in [0, 0.1) is 5.92 Å². The maximum atomic E-state index is 11.7. The van der Waals surface area contributed by atoms with Crippen LogP contribution in [-0.2, 0) is 9.53 Å². The van der Waals surface area contributed by atoms with Gasteiger partial charge in [0.2, 0.25) is 0 Å². The third-order valence-corrected chi connectivity index (χ3v) is 3.26. The molecule has 3 N–H and O–H groups in total. The summed E-state index contributed by atoms with van der Waals surface area (Å²) in [5.41, 5.74) is 0. The molecule has 1 unspecified atom stereocenters. The third kappa shape index (κ3) is 4.52. The minimum atomic E-state index is -1.00. The van der Waals surface area contributed by atoms with Gasteiger partial charge in [0.1, 0.15) is 6.04 Å². The van der Waals surface area contributed by atoms with Gasteiger partial charge in [0.05, 0.1) is 12.6 Å². The van der Waals surface area contributed by atoms with Crippen molar-refractivity contribution >= 4 is 12.0 Å². The lowest BCUT2D eigenvalue weighted by atomic mass is 9.99. The fourth-order valence-corrected chi connectivity index (χ4v) is 1.91. The fraction of sp³-hybridized carbons (Fsp3) is 0.833. The Balaban J connectivity index is 2.42. The molecule has 104 valence electrons. The highest BCUT2D eigenvalue weighted by Crippen LogP contribution is 2.09. The topological polar surface area (TPSA) is 87.7 Å². The summed E-state index contributed by atoms with van der Waals surface area (Å²) in [5.74, 6) is -1.10. The van der Waals surface area contributed by atoms with Crippen LogP contribution in [0.5, 0.6) is 0 Å². The molecule has 1 fully saturated rings. The van der Waals surface area contributed by atoms with Gasteiger partial charge >= 0.3 is 12.0 Å². The molecule has 2 amide bonds. The smallest absolute Gasteiger partial charge is 0.326 e. The number of carbonyl (C=O) groups is 2. The molecule has 6 heteroatoms. The van der Waals surface area contributed by atoms with Crippen molar-refractivity contribution in [1.82, 2.24) is 10.6 Å². The Morgan fingerprint density at radius 3 is 2.72 bits per heavy atom. The first-order valence-electron chi connectivity index (χ1n) is 6.42. The molecule has 0 saturated carbocycles. The van der Waals surface area contributed by atoms with Gasteiger partial charge in [0, 0.05) is 6.61 Å². The van der Waals surface area contributed by atoms with Crippen LogP contribution in [0.3, 0.4) is 0 Å². The molecule has 0 aromatic carbocycles. The van der Waals surface area contributed by atoms with Crippen molar-refractivity contribution in [3.05, 3.63) is 0 Å². The van der Waals surface area contributed by atoms with Gasteiger partial charge in [-0.1, -0.05) is 20.3 Å². The molecule has 6 nitrogen and oxygen atoms in total. The summed E-state index contributed by atoms with van der Waals surface area (Å²) in [4.78, 5) is 22.8. The van der Waals surface area contributed by atoms with Crippen LogP contribution in [-0.4, -0.2) is 42.4 Å². The van der Waals surface area contributed by atoms with Crippen LogP contribution in [0.25, 0.3) is 0 Å². The molecule has 1 rings (SSSR count). The molecular weight excluding hydrogens is 236 g/mol. The predicted octanol–water partition coefficient (Wildman–Crippen LogP) is 0.964. The summed E-state index contributed by atoms with van der Waals surface area (Å²) in [6.45, 7) is 4.93. The number of urea groups is 1. The number of nitrogens with one attached hydrogen (secondary N) is 2. The highest BCUT2D eigenvalue weighted by Gasteiger charge is 2.26. The van der Waals surface area contributed by atoms with Gasteiger partial charge in [0.25, 0.3) is 0 Å². The van der Waals surface area contributed by atoms with E-state index in [1.165, 1.54) is 0 Å². The summed E-state index contributed by atoms with van der Waals surface area (Å²) >= 11 is 0. The van der Waals surface area contributed by atoms with Gasteiger partial charge in [-0.05, 0) is 18.8 Å². The first-order valence-corrected chi connectivity index (χ1v) is 6.42. The molecule has 1 aliphatic rings. The number of aliphatic carboxylic acids is 1. The van der Waals surface area contributed by atoms with E-state index in [1.807, 2.05) is 13.8 Å². The Kier molecular flexibility index (Phi) is 5.91. The van der Waals surface area contributed by atoms with Crippen molar-refractivity contribution in [1.29, 1.82) is 0 Å². The van der Waals surface area contributed by atoms with Crippen LogP contribution >= 0.6 is 0 Å². The maximum Gasteiger partial charge on any atom is 0.326 e. The van der Waals surface area contributed by atoms with Crippen LogP contribution in [0.15, 0.2) is 0 Å². The van der Waals surface area contributed by atoms with E-state index in [4.69, 9.17) is 9.84 Å². The van der Waals surface area contributed by atoms with E-state index in [0.29, 0.717) is 13.0 Å². The fourth-order valence-electron chi connectivity index (χ4n) is 1.91. The lowest BCUT2D eigenvalue weighted by molar-refractivity contribution is -0.140. The first kappa shape index (κ1) is 14.8. The summed E-state index contributed by atoms with van der Waals surface area (Å²) in [5, 5.41) is 14.3. The zero-order valence-corrected chi connectivity index (χ0v) is 10.9. The van der Waals surface area contributed by atoms with E-state index in [9.17, 15) is 9.59 Å². The highest BCUT2D eigenvalue weighted by atomic mass is 16.5. The summed E-state index contributed by atoms with van der Waals surface area (Å²) in [7, 11) is 0. The zero-order chi connectivity index (χ0) is 13.5. The van der Waals surface area contributed by atoms with Gasteiger partial charge in [0.15, 0.2) is 0 Å². The molecule has 1 saturated heterocycles. The number of rotatable bonds is 5. The monoisotopic (exact) mass is 258 g/mol. The van der Waals surface area contributed by atoms with Crippen LogP contribution in [0.4, 0.5) is 4.79 Å². The van der Waals surface area contributed by atoms with Gasteiger partial charge < -0.3 is 20.5 Å². The number of hydrogen-bond donors (Lipinski definition) is 3. The molecule has 0 radical (unpaired) electrons. The number of carboxylic acids is 1. The maximum absolute atomic E-state index is 11.7. The predicted molar refractivity (Wildman–Crippen MR) is 66.4 cm³/mol. The summed E-state index contributed by atoms with van der Waals surface area (Å²) in [6.07, 6.45) is 2.48. The number of hydrogen-bond acceptors (Lipinski definition) is 3. The van der Waals surface area contributed by atoms with Crippen LogP contribution < -0.4 is 10.6 Å². The second kappa shape index (κ2) is 7.20. The molecule has 0 bridgehead atoms. The van der Waals surface area contributed by atoms with Crippen molar-refractivity contribution in [3.63, 3.8) is 0 Å². The molecule has 0 aromatic heterocycles. The van der Waals surface area contributed by atoms with Gasteiger partial charge in [-0.2, -0.15) is 0 Å². The van der Waals surface area contributed by atoms with E-state index in [0.717, 1.165) is 19.4 Å². The average molecular weight is 258 g/mol.